The SMILES string of the molecule is CNC(=O)NC(=O)CCCN1CCCN(Cc2cc(C)on2)CC1. The number of rotatable bonds is 6. The lowest BCUT2D eigenvalue weighted by atomic mass is 10.2. The Morgan fingerprint density at radius 3 is 2.71 bits per heavy atom. The normalized spacial score (nSPS) is 16.6. The fraction of sp³-hybridized carbons (Fsp3) is 0.688. The Bertz CT molecular complexity index is 546. The van der Waals surface area contributed by atoms with Crippen LogP contribution in [0.5, 0.6) is 0 Å². The lowest BCUT2D eigenvalue weighted by molar-refractivity contribution is -0.120. The Balaban J connectivity index is 1.65. The van der Waals surface area contributed by atoms with Crippen LogP contribution in [0.3, 0.4) is 0 Å². The summed E-state index contributed by atoms with van der Waals surface area (Å²) < 4.78 is 5.12. The molecule has 1 aromatic heterocycles. The summed E-state index contributed by atoms with van der Waals surface area (Å²) >= 11 is 0. The van der Waals surface area contributed by atoms with Gasteiger partial charge in [0, 0.05) is 39.2 Å². The topological polar surface area (TPSA) is 90.7 Å². The summed E-state index contributed by atoms with van der Waals surface area (Å²) in [5, 5.41) is 8.71. The molecule has 0 spiro atoms. The summed E-state index contributed by atoms with van der Waals surface area (Å²) in [6.45, 7) is 7.63. The zero-order chi connectivity index (χ0) is 17.4. The van der Waals surface area contributed by atoms with E-state index >= 15 is 0 Å². The molecule has 0 radical (unpaired) electrons. The maximum Gasteiger partial charge on any atom is 0.321 e. The van der Waals surface area contributed by atoms with Crippen molar-refractivity contribution in [1.29, 1.82) is 0 Å². The lowest BCUT2D eigenvalue weighted by Crippen LogP contribution is -2.37. The van der Waals surface area contributed by atoms with Gasteiger partial charge in [0.05, 0.1) is 5.69 Å². The van der Waals surface area contributed by atoms with Crippen LogP contribution in [-0.4, -0.2) is 66.7 Å². The maximum absolute atomic E-state index is 11.6. The van der Waals surface area contributed by atoms with Gasteiger partial charge in [0.15, 0.2) is 0 Å². The van der Waals surface area contributed by atoms with Crippen LogP contribution in [0.15, 0.2) is 10.6 Å². The average Bonchev–Trinajstić information content (AvgIpc) is 2.82. The van der Waals surface area contributed by atoms with Crippen molar-refractivity contribution in [2.75, 3.05) is 39.8 Å². The number of carbonyl (C=O) groups is 2. The zero-order valence-electron chi connectivity index (χ0n) is 14.5. The number of hydrogen-bond donors (Lipinski definition) is 2. The molecule has 0 atom stereocenters. The van der Waals surface area contributed by atoms with Gasteiger partial charge < -0.3 is 14.7 Å². The van der Waals surface area contributed by atoms with E-state index in [1.165, 1.54) is 7.05 Å². The number of carbonyl (C=O) groups excluding carboxylic acids is 2. The minimum Gasteiger partial charge on any atom is -0.361 e. The van der Waals surface area contributed by atoms with Crippen LogP contribution in [-0.2, 0) is 11.3 Å². The second-order valence-corrected chi connectivity index (χ2v) is 6.13. The lowest BCUT2D eigenvalue weighted by Gasteiger charge is -2.21. The summed E-state index contributed by atoms with van der Waals surface area (Å²) in [5.74, 6) is 0.615. The molecule has 0 aliphatic carbocycles. The predicted molar refractivity (Wildman–Crippen MR) is 89.4 cm³/mol. The molecule has 0 aromatic carbocycles. The number of aryl methyl sites for hydroxylation is 1. The Kier molecular flexibility index (Phi) is 7.20. The van der Waals surface area contributed by atoms with E-state index in [1.807, 2.05) is 13.0 Å². The Morgan fingerprint density at radius 2 is 2.00 bits per heavy atom. The number of amides is 3. The number of aromatic nitrogens is 1. The largest absolute Gasteiger partial charge is 0.361 e. The molecule has 134 valence electrons. The summed E-state index contributed by atoms with van der Waals surface area (Å²) in [5.41, 5.74) is 0.979. The molecule has 1 aromatic rings. The van der Waals surface area contributed by atoms with E-state index in [4.69, 9.17) is 4.52 Å². The number of imide groups is 1. The Hall–Kier alpha value is -1.93. The molecule has 24 heavy (non-hydrogen) atoms. The third-order valence-corrected chi connectivity index (χ3v) is 4.10. The van der Waals surface area contributed by atoms with Gasteiger partial charge in [-0.15, -0.1) is 0 Å². The van der Waals surface area contributed by atoms with Gasteiger partial charge in [-0.25, -0.2) is 4.79 Å². The smallest absolute Gasteiger partial charge is 0.321 e. The highest BCUT2D eigenvalue weighted by atomic mass is 16.5. The van der Waals surface area contributed by atoms with Crippen molar-refractivity contribution in [3.8, 4) is 0 Å². The molecule has 8 nitrogen and oxygen atoms in total. The third kappa shape index (κ3) is 6.29. The molecule has 0 unspecified atom stereocenters. The molecule has 1 saturated heterocycles. The zero-order valence-corrected chi connectivity index (χ0v) is 14.5. The molecule has 2 rings (SSSR count). The van der Waals surface area contributed by atoms with Gasteiger partial charge in [-0.3, -0.25) is 15.0 Å². The molecule has 8 heteroatoms. The van der Waals surface area contributed by atoms with Gasteiger partial charge in [-0.1, -0.05) is 5.16 Å². The van der Waals surface area contributed by atoms with E-state index < -0.39 is 6.03 Å². The summed E-state index contributed by atoms with van der Waals surface area (Å²) in [6.07, 6.45) is 2.22. The van der Waals surface area contributed by atoms with E-state index in [0.29, 0.717) is 6.42 Å². The number of urea groups is 1. The van der Waals surface area contributed by atoms with Crippen LogP contribution in [0.25, 0.3) is 0 Å². The molecule has 3 amide bonds. The molecule has 0 bridgehead atoms. The monoisotopic (exact) mass is 337 g/mol. The first-order valence-electron chi connectivity index (χ1n) is 8.45. The van der Waals surface area contributed by atoms with Crippen molar-refractivity contribution in [3.05, 3.63) is 17.5 Å². The maximum atomic E-state index is 11.6. The van der Waals surface area contributed by atoms with E-state index in [1.54, 1.807) is 0 Å². The van der Waals surface area contributed by atoms with Crippen molar-refractivity contribution < 1.29 is 14.1 Å². The van der Waals surface area contributed by atoms with Gasteiger partial charge in [0.1, 0.15) is 5.76 Å². The molecular formula is C16H27N5O3. The van der Waals surface area contributed by atoms with Crippen molar-refractivity contribution >= 4 is 11.9 Å². The van der Waals surface area contributed by atoms with Crippen LogP contribution in [0.2, 0.25) is 0 Å². The fourth-order valence-corrected chi connectivity index (χ4v) is 2.84. The van der Waals surface area contributed by atoms with Crippen LogP contribution in [0.1, 0.15) is 30.7 Å². The number of hydrogen-bond acceptors (Lipinski definition) is 6. The molecule has 1 aliphatic heterocycles. The highest BCUT2D eigenvalue weighted by molar-refractivity contribution is 5.94. The van der Waals surface area contributed by atoms with Crippen molar-refractivity contribution in [1.82, 2.24) is 25.6 Å². The predicted octanol–water partition coefficient (Wildman–Crippen LogP) is 0.727. The fourth-order valence-electron chi connectivity index (χ4n) is 2.84. The first-order valence-corrected chi connectivity index (χ1v) is 8.45. The highest BCUT2D eigenvalue weighted by Gasteiger charge is 2.16. The van der Waals surface area contributed by atoms with Gasteiger partial charge in [-0.2, -0.15) is 0 Å². The Morgan fingerprint density at radius 1 is 1.25 bits per heavy atom. The summed E-state index contributed by atoms with van der Waals surface area (Å²) in [4.78, 5) is 27.4. The Labute approximate surface area is 142 Å². The van der Waals surface area contributed by atoms with Crippen molar-refractivity contribution in [2.24, 2.45) is 0 Å². The van der Waals surface area contributed by atoms with Crippen LogP contribution in [0, 0.1) is 6.92 Å². The van der Waals surface area contributed by atoms with Crippen molar-refractivity contribution in [3.63, 3.8) is 0 Å². The second kappa shape index (κ2) is 9.39. The second-order valence-electron chi connectivity index (χ2n) is 6.13. The first-order chi connectivity index (χ1) is 11.6. The van der Waals surface area contributed by atoms with E-state index in [9.17, 15) is 9.59 Å². The summed E-state index contributed by atoms with van der Waals surface area (Å²) in [7, 11) is 1.49. The van der Waals surface area contributed by atoms with Crippen LogP contribution >= 0.6 is 0 Å². The van der Waals surface area contributed by atoms with Gasteiger partial charge in [-0.05, 0) is 39.4 Å². The first kappa shape index (κ1) is 18.4. The third-order valence-electron chi connectivity index (χ3n) is 4.10. The van der Waals surface area contributed by atoms with E-state index in [0.717, 1.165) is 63.6 Å². The molecule has 1 aliphatic rings. The molecular weight excluding hydrogens is 310 g/mol. The van der Waals surface area contributed by atoms with Gasteiger partial charge >= 0.3 is 6.03 Å². The van der Waals surface area contributed by atoms with Crippen LogP contribution < -0.4 is 10.6 Å². The van der Waals surface area contributed by atoms with Gasteiger partial charge in [0.25, 0.3) is 0 Å². The number of nitrogens with zero attached hydrogens (tertiary/aromatic N) is 3. The summed E-state index contributed by atoms with van der Waals surface area (Å²) in [6, 6.07) is 1.53. The average molecular weight is 337 g/mol. The molecule has 2 N–H and O–H groups in total. The standard InChI is InChI=1S/C16H27N5O3/c1-13-11-14(19-24-13)12-21-8-4-7-20(9-10-21)6-3-5-15(22)18-16(23)17-2/h11H,3-10,12H2,1-2H3,(H2,17,18,22,23). The van der Waals surface area contributed by atoms with Crippen LogP contribution in [0.4, 0.5) is 4.79 Å². The van der Waals surface area contributed by atoms with Gasteiger partial charge in [0.2, 0.25) is 5.91 Å². The molecule has 2 heterocycles. The van der Waals surface area contributed by atoms with E-state index in [-0.39, 0.29) is 5.91 Å². The minimum atomic E-state index is -0.450. The molecule has 1 fully saturated rings. The van der Waals surface area contributed by atoms with Crippen molar-refractivity contribution in [2.45, 2.75) is 32.7 Å². The number of nitrogens with one attached hydrogen (secondary N) is 2. The highest BCUT2D eigenvalue weighted by Crippen LogP contribution is 2.10. The minimum absolute atomic E-state index is 0.229. The van der Waals surface area contributed by atoms with E-state index in [2.05, 4.69) is 25.6 Å². The molecule has 0 saturated carbocycles. The quantitative estimate of drug-likeness (QED) is 0.795.